The van der Waals surface area contributed by atoms with E-state index < -0.39 is 11.0 Å². The van der Waals surface area contributed by atoms with Gasteiger partial charge in [-0.15, -0.1) is 0 Å². The number of piperidine rings is 1. The van der Waals surface area contributed by atoms with Gasteiger partial charge in [-0.25, -0.2) is 0 Å². The molecule has 1 aromatic carbocycles. The minimum absolute atomic E-state index is 0.0141. The normalized spacial score (nSPS) is 20.2. The van der Waals surface area contributed by atoms with Crippen molar-refractivity contribution >= 4 is 17.6 Å². The van der Waals surface area contributed by atoms with Crippen molar-refractivity contribution in [3.05, 3.63) is 27.8 Å². The summed E-state index contributed by atoms with van der Waals surface area (Å²) in [6.45, 7) is 3.00. The lowest BCUT2D eigenvalue weighted by atomic mass is 9.93. The molecule has 10 nitrogen and oxygen atoms in total. The summed E-state index contributed by atoms with van der Waals surface area (Å²) in [5, 5.41) is 15.0. The average molecular weight is 447 g/mol. The Kier molecular flexibility index (Phi) is 6.78. The number of hydrogen-bond donors (Lipinski definition) is 1. The molecule has 174 valence electrons. The van der Waals surface area contributed by atoms with Crippen LogP contribution in [0.1, 0.15) is 57.1 Å². The average Bonchev–Trinajstić information content (AvgIpc) is 3.45. The molecule has 0 radical (unpaired) electrons. The van der Waals surface area contributed by atoms with Crippen LogP contribution in [-0.4, -0.2) is 54.2 Å². The quantitative estimate of drug-likeness (QED) is 0.385. The van der Waals surface area contributed by atoms with Crippen molar-refractivity contribution in [2.45, 2.75) is 57.5 Å². The molecule has 1 atom stereocenters. The van der Waals surface area contributed by atoms with Crippen LogP contribution in [0.25, 0.3) is 0 Å². The van der Waals surface area contributed by atoms with E-state index >= 15 is 0 Å². The van der Waals surface area contributed by atoms with Gasteiger partial charge in [0, 0.05) is 19.1 Å². The van der Waals surface area contributed by atoms with E-state index in [-0.39, 0.29) is 41.9 Å². The summed E-state index contributed by atoms with van der Waals surface area (Å²) in [4.78, 5) is 38.9. The number of nitro benzene ring substituents is 1. The molecule has 4 rings (SSSR count). The predicted octanol–water partition coefficient (Wildman–Crippen LogP) is 2.70. The van der Waals surface area contributed by atoms with Crippen molar-refractivity contribution in [3.8, 4) is 11.5 Å². The minimum atomic E-state index is -0.853. The molecule has 32 heavy (non-hydrogen) atoms. The lowest BCUT2D eigenvalue weighted by Gasteiger charge is -2.36. The number of nitro groups is 1. The van der Waals surface area contributed by atoms with Gasteiger partial charge in [0.25, 0.3) is 5.69 Å². The van der Waals surface area contributed by atoms with Crippen LogP contribution in [0.15, 0.2) is 12.1 Å². The van der Waals surface area contributed by atoms with E-state index in [2.05, 4.69) is 5.32 Å². The molecule has 1 N–H and O–H groups in total. The summed E-state index contributed by atoms with van der Waals surface area (Å²) in [5.41, 5.74) is 0.109. The van der Waals surface area contributed by atoms with Crippen LogP contribution >= 0.6 is 0 Å². The number of benzene rings is 1. The van der Waals surface area contributed by atoms with Gasteiger partial charge < -0.3 is 19.5 Å². The molecule has 2 fully saturated rings. The first kappa shape index (κ1) is 22.3. The summed E-state index contributed by atoms with van der Waals surface area (Å²) >= 11 is 0. The van der Waals surface area contributed by atoms with Gasteiger partial charge in [-0.05, 0) is 38.7 Å². The summed E-state index contributed by atoms with van der Waals surface area (Å²) in [5.74, 6) is -0.0137. The molecule has 10 heteroatoms. The van der Waals surface area contributed by atoms with Gasteiger partial charge in [0.2, 0.25) is 12.7 Å². The lowest BCUT2D eigenvalue weighted by Crippen LogP contribution is -2.47. The third kappa shape index (κ3) is 4.64. The highest BCUT2D eigenvalue weighted by atomic mass is 16.7. The first-order valence-corrected chi connectivity index (χ1v) is 11.3. The Labute approximate surface area is 186 Å². The second kappa shape index (κ2) is 9.72. The highest BCUT2D eigenvalue weighted by Crippen LogP contribution is 2.42. The van der Waals surface area contributed by atoms with Gasteiger partial charge in [0.1, 0.15) is 6.04 Å². The molecule has 1 aliphatic carbocycles. The molecule has 0 aromatic heterocycles. The topological polar surface area (TPSA) is 120 Å². The smallest absolute Gasteiger partial charge is 0.309 e. The van der Waals surface area contributed by atoms with Crippen molar-refractivity contribution in [1.82, 2.24) is 10.2 Å². The Bertz CT molecular complexity index is 877. The Morgan fingerprint density at radius 1 is 1.19 bits per heavy atom. The maximum absolute atomic E-state index is 13.5. The first-order chi connectivity index (χ1) is 15.5. The van der Waals surface area contributed by atoms with Gasteiger partial charge in [0.15, 0.2) is 11.5 Å². The number of ether oxygens (including phenoxy) is 3. The molecule has 1 aromatic rings. The van der Waals surface area contributed by atoms with E-state index in [1.807, 2.05) is 4.90 Å². The van der Waals surface area contributed by atoms with Gasteiger partial charge in [-0.2, -0.15) is 0 Å². The second-order valence-corrected chi connectivity index (χ2v) is 8.48. The fourth-order valence-electron chi connectivity index (χ4n) is 4.83. The first-order valence-electron chi connectivity index (χ1n) is 11.3. The zero-order valence-corrected chi connectivity index (χ0v) is 18.2. The van der Waals surface area contributed by atoms with Crippen LogP contribution in [0.4, 0.5) is 5.69 Å². The van der Waals surface area contributed by atoms with Crippen LogP contribution in [-0.2, 0) is 14.3 Å². The molecule has 2 heterocycles. The molecule has 1 saturated carbocycles. The van der Waals surface area contributed by atoms with Gasteiger partial charge >= 0.3 is 5.97 Å². The second-order valence-electron chi connectivity index (χ2n) is 8.48. The number of carbonyl (C=O) groups is 2. The molecule has 1 saturated heterocycles. The lowest BCUT2D eigenvalue weighted by molar-refractivity contribution is -0.386. The molecule has 0 bridgehead atoms. The van der Waals surface area contributed by atoms with Gasteiger partial charge in [-0.1, -0.05) is 12.8 Å². The summed E-state index contributed by atoms with van der Waals surface area (Å²) in [7, 11) is 0. The number of nitrogens with zero attached hydrogens (tertiary/aromatic N) is 2. The summed E-state index contributed by atoms with van der Waals surface area (Å²) < 4.78 is 15.9. The SMILES string of the molecule is CCOC(=O)C1CCN(C(C(=O)NC2CCCC2)c2cc3c(cc2[N+](=O)[O-])OCO3)CC1. The molecule has 1 amide bonds. The van der Waals surface area contributed by atoms with Crippen molar-refractivity contribution in [3.63, 3.8) is 0 Å². The van der Waals surface area contributed by atoms with Crippen molar-refractivity contribution in [1.29, 1.82) is 0 Å². The molecule has 2 aliphatic heterocycles. The van der Waals surface area contributed by atoms with Crippen molar-refractivity contribution < 1.29 is 28.7 Å². The number of carbonyl (C=O) groups excluding carboxylic acids is 2. The zero-order chi connectivity index (χ0) is 22.7. The van der Waals surface area contributed by atoms with Crippen molar-refractivity contribution in [2.75, 3.05) is 26.5 Å². The van der Waals surface area contributed by atoms with E-state index in [9.17, 15) is 19.7 Å². The number of esters is 1. The Morgan fingerprint density at radius 3 is 2.47 bits per heavy atom. The summed E-state index contributed by atoms with van der Waals surface area (Å²) in [6.07, 6.45) is 5.00. The number of rotatable bonds is 7. The third-order valence-corrected chi connectivity index (χ3v) is 6.48. The van der Waals surface area contributed by atoms with Crippen LogP contribution in [0.2, 0.25) is 0 Å². The predicted molar refractivity (Wildman–Crippen MR) is 113 cm³/mol. The third-order valence-electron chi connectivity index (χ3n) is 6.48. The number of hydrogen-bond acceptors (Lipinski definition) is 8. The van der Waals surface area contributed by atoms with Crippen LogP contribution in [0, 0.1) is 16.0 Å². The number of fused-ring (bicyclic) bond motifs is 1. The standard InChI is InChI=1S/C22H29N3O7/c1-2-30-22(27)14-7-9-24(10-8-14)20(21(26)23-15-5-3-4-6-15)16-11-18-19(32-13-31-18)12-17(16)25(28)29/h11-12,14-15,20H,2-10,13H2,1H3,(H,23,26). The van der Waals surface area contributed by atoms with Crippen molar-refractivity contribution in [2.24, 2.45) is 5.92 Å². The largest absolute Gasteiger partial charge is 0.466 e. The molecule has 3 aliphatic rings. The maximum atomic E-state index is 13.5. The zero-order valence-electron chi connectivity index (χ0n) is 18.2. The van der Waals surface area contributed by atoms with Crippen LogP contribution in [0.3, 0.4) is 0 Å². The number of amides is 1. The van der Waals surface area contributed by atoms with E-state index in [0.29, 0.717) is 44.0 Å². The minimum Gasteiger partial charge on any atom is -0.466 e. The van der Waals surface area contributed by atoms with E-state index in [0.717, 1.165) is 25.7 Å². The highest BCUT2D eigenvalue weighted by molar-refractivity contribution is 5.85. The number of likely N-dealkylation sites (tertiary alicyclic amines) is 1. The van der Waals surface area contributed by atoms with E-state index in [4.69, 9.17) is 14.2 Å². The van der Waals surface area contributed by atoms with Crippen LogP contribution < -0.4 is 14.8 Å². The molecular weight excluding hydrogens is 418 g/mol. The Balaban J connectivity index is 1.62. The molecule has 1 unspecified atom stereocenters. The van der Waals surface area contributed by atoms with Crippen LogP contribution in [0.5, 0.6) is 11.5 Å². The summed E-state index contributed by atoms with van der Waals surface area (Å²) in [6, 6.07) is 2.11. The fourth-order valence-corrected chi connectivity index (χ4v) is 4.83. The Hall–Kier alpha value is -2.88. The van der Waals surface area contributed by atoms with E-state index in [1.54, 1.807) is 13.0 Å². The fraction of sp³-hybridized carbons (Fsp3) is 0.636. The maximum Gasteiger partial charge on any atom is 0.309 e. The van der Waals surface area contributed by atoms with Gasteiger partial charge in [-0.3, -0.25) is 24.6 Å². The Morgan fingerprint density at radius 2 is 1.84 bits per heavy atom. The monoisotopic (exact) mass is 447 g/mol. The van der Waals surface area contributed by atoms with Gasteiger partial charge in [0.05, 0.1) is 29.1 Å². The number of nitrogens with one attached hydrogen (secondary N) is 1. The van der Waals surface area contributed by atoms with E-state index in [1.165, 1.54) is 6.07 Å². The highest BCUT2D eigenvalue weighted by Gasteiger charge is 2.39. The molecular formula is C22H29N3O7. The molecule has 0 spiro atoms.